The highest BCUT2D eigenvalue weighted by Crippen LogP contribution is 2.25. The van der Waals surface area contributed by atoms with Gasteiger partial charge in [-0.2, -0.15) is 0 Å². The standard InChI is InChI=1S/C15H14N2OS2/c1-17-14(18)13(20-15(17)19)10-6-3-7-11-16-12-8-4-2-5-9-12/h2-11,18H,1H3/b7-3+,10-6+,16-11?. The van der Waals surface area contributed by atoms with Crippen LogP contribution in [0.3, 0.4) is 0 Å². The van der Waals surface area contributed by atoms with E-state index < -0.39 is 0 Å². The van der Waals surface area contributed by atoms with E-state index in [4.69, 9.17) is 12.2 Å². The van der Waals surface area contributed by atoms with Gasteiger partial charge in [0.15, 0.2) is 3.95 Å². The Labute approximate surface area is 126 Å². The van der Waals surface area contributed by atoms with Crippen molar-refractivity contribution in [1.29, 1.82) is 0 Å². The summed E-state index contributed by atoms with van der Waals surface area (Å²) in [6.07, 6.45) is 9.09. The van der Waals surface area contributed by atoms with Crippen LogP contribution in [0.2, 0.25) is 0 Å². The Hall–Kier alpha value is -1.98. The number of aromatic hydroxyl groups is 1. The molecule has 0 bridgehead atoms. The van der Waals surface area contributed by atoms with Crippen LogP contribution in [-0.2, 0) is 7.05 Å². The number of allylic oxidation sites excluding steroid dienone is 3. The first kappa shape index (κ1) is 14.4. The molecule has 5 heteroatoms. The number of rotatable bonds is 4. The Morgan fingerprint density at radius 1 is 1.20 bits per heavy atom. The van der Waals surface area contributed by atoms with Crippen molar-refractivity contribution >= 4 is 41.5 Å². The smallest absolute Gasteiger partial charge is 0.210 e. The Kier molecular flexibility index (Phi) is 5.03. The molecule has 20 heavy (non-hydrogen) atoms. The second kappa shape index (κ2) is 6.98. The molecule has 0 saturated heterocycles. The van der Waals surface area contributed by atoms with Gasteiger partial charge in [-0.15, -0.1) is 11.3 Å². The third-order valence-corrected chi connectivity index (χ3v) is 4.06. The first-order valence-corrected chi connectivity index (χ1v) is 7.22. The van der Waals surface area contributed by atoms with Crippen molar-refractivity contribution in [1.82, 2.24) is 4.57 Å². The zero-order valence-corrected chi connectivity index (χ0v) is 12.6. The van der Waals surface area contributed by atoms with Crippen molar-refractivity contribution < 1.29 is 5.11 Å². The van der Waals surface area contributed by atoms with E-state index in [1.165, 1.54) is 11.3 Å². The monoisotopic (exact) mass is 302 g/mol. The van der Waals surface area contributed by atoms with Crippen LogP contribution in [0, 0.1) is 3.95 Å². The van der Waals surface area contributed by atoms with E-state index >= 15 is 0 Å². The average molecular weight is 302 g/mol. The van der Waals surface area contributed by atoms with E-state index in [1.807, 2.05) is 54.6 Å². The van der Waals surface area contributed by atoms with Gasteiger partial charge < -0.3 is 5.11 Å². The maximum Gasteiger partial charge on any atom is 0.210 e. The zero-order valence-electron chi connectivity index (χ0n) is 10.9. The minimum absolute atomic E-state index is 0.197. The number of benzene rings is 1. The fourth-order valence-electron chi connectivity index (χ4n) is 1.47. The zero-order chi connectivity index (χ0) is 14.4. The Morgan fingerprint density at radius 3 is 2.60 bits per heavy atom. The average Bonchev–Trinajstić information content (AvgIpc) is 2.71. The van der Waals surface area contributed by atoms with Gasteiger partial charge in [0.2, 0.25) is 5.88 Å². The molecule has 1 aromatic heterocycles. The van der Waals surface area contributed by atoms with Crippen molar-refractivity contribution in [2.24, 2.45) is 12.0 Å². The van der Waals surface area contributed by atoms with Gasteiger partial charge in [0.1, 0.15) is 0 Å². The van der Waals surface area contributed by atoms with Crippen LogP contribution < -0.4 is 0 Å². The van der Waals surface area contributed by atoms with Gasteiger partial charge in [0.05, 0.1) is 10.6 Å². The highest BCUT2D eigenvalue weighted by Gasteiger charge is 2.04. The summed E-state index contributed by atoms with van der Waals surface area (Å²) in [5, 5.41) is 9.77. The van der Waals surface area contributed by atoms with Crippen molar-refractivity contribution in [2.75, 3.05) is 0 Å². The number of aromatic nitrogens is 1. The molecular formula is C15H14N2OS2. The summed E-state index contributed by atoms with van der Waals surface area (Å²) in [6, 6.07) is 9.73. The summed E-state index contributed by atoms with van der Waals surface area (Å²) in [5.74, 6) is 0.197. The lowest BCUT2D eigenvalue weighted by atomic mass is 10.3. The van der Waals surface area contributed by atoms with E-state index in [-0.39, 0.29) is 5.88 Å². The van der Waals surface area contributed by atoms with Crippen LogP contribution >= 0.6 is 23.6 Å². The first-order valence-electron chi connectivity index (χ1n) is 5.99. The van der Waals surface area contributed by atoms with Crippen molar-refractivity contribution in [3.8, 4) is 5.88 Å². The summed E-state index contributed by atoms with van der Waals surface area (Å²) in [5.41, 5.74) is 0.916. The molecule has 0 amide bonds. The van der Waals surface area contributed by atoms with Crippen LogP contribution in [0.5, 0.6) is 5.88 Å². The van der Waals surface area contributed by atoms with Gasteiger partial charge in [-0.1, -0.05) is 30.4 Å². The molecule has 1 aromatic carbocycles. The van der Waals surface area contributed by atoms with E-state index in [0.29, 0.717) is 3.95 Å². The Morgan fingerprint density at radius 2 is 1.95 bits per heavy atom. The molecule has 2 aromatic rings. The molecule has 0 fully saturated rings. The normalized spacial score (nSPS) is 12.1. The number of nitrogens with zero attached hydrogens (tertiary/aromatic N) is 2. The Balaban J connectivity index is 1.96. The third kappa shape index (κ3) is 3.76. The molecule has 0 radical (unpaired) electrons. The van der Waals surface area contributed by atoms with Crippen LogP contribution in [0.4, 0.5) is 5.69 Å². The van der Waals surface area contributed by atoms with Gasteiger partial charge in [0, 0.05) is 13.3 Å². The largest absolute Gasteiger partial charge is 0.493 e. The predicted molar refractivity (Wildman–Crippen MR) is 88.6 cm³/mol. The Bertz CT molecular complexity index is 709. The number of aliphatic imine (C=N–C) groups is 1. The summed E-state index contributed by atoms with van der Waals surface area (Å²) in [7, 11) is 1.74. The second-order valence-corrected chi connectivity index (χ2v) is 5.65. The molecule has 3 nitrogen and oxygen atoms in total. The molecule has 2 rings (SSSR count). The lowest BCUT2D eigenvalue weighted by Gasteiger charge is -1.92. The molecular weight excluding hydrogens is 288 g/mol. The number of para-hydroxylation sites is 1. The molecule has 102 valence electrons. The van der Waals surface area contributed by atoms with Crippen LogP contribution in [-0.4, -0.2) is 15.9 Å². The summed E-state index contributed by atoms with van der Waals surface area (Å²) in [6.45, 7) is 0. The predicted octanol–water partition coefficient (Wildman–Crippen LogP) is 4.49. The highest BCUT2D eigenvalue weighted by atomic mass is 32.1. The van der Waals surface area contributed by atoms with Crippen molar-refractivity contribution in [3.63, 3.8) is 0 Å². The van der Waals surface area contributed by atoms with Gasteiger partial charge >= 0.3 is 0 Å². The molecule has 0 aliphatic carbocycles. The van der Waals surface area contributed by atoms with Crippen molar-refractivity contribution in [2.45, 2.75) is 0 Å². The van der Waals surface area contributed by atoms with E-state index in [9.17, 15) is 5.11 Å². The number of thiazole rings is 1. The van der Waals surface area contributed by atoms with E-state index in [0.717, 1.165) is 10.6 Å². The van der Waals surface area contributed by atoms with E-state index in [1.54, 1.807) is 17.8 Å². The summed E-state index contributed by atoms with van der Waals surface area (Å²) in [4.78, 5) is 5.03. The van der Waals surface area contributed by atoms with Crippen LogP contribution in [0.15, 0.2) is 53.6 Å². The van der Waals surface area contributed by atoms with Crippen LogP contribution in [0.25, 0.3) is 6.08 Å². The third-order valence-electron chi connectivity index (χ3n) is 2.54. The minimum atomic E-state index is 0.197. The topological polar surface area (TPSA) is 37.5 Å². The van der Waals surface area contributed by atoms with Crippen molar-refractivity contribution in [3.05, 3.63) is 57.4 Å². The molecule has 1 heterocycles. The number of hydrogen-bond donors (Lipinski definition) is 1. The van der Waals surface area contributed by atoms with Gasteiger partial charge in [0.25, 0.3) is 0 Å². The fraction of sp³-hybridized carbons (Fsp3) is 0.0667. The quantitative estimate of drug-likeness (QED) is 0.513. The second-order valence-electron chi connectivity index (χ2n) is 3.97. The summed E-state index contributed by atoms with van der Waals surface area (Å²) < 4.78 is 2.23. The number of hydrogen-bond acceptors (Lipinski definition) is 4. The molecule has 1 N–H and O–H groups in total. The lowest BCUT2D eigenvalue weighted by molar-refractivity contribution is 0.430. The SMILES string of the molecule is Cn1c(O)c(/C=C/C=C/C=Nc2ccccc2)sc1=S. The molecule has 0 aliphatic heterocycles. The minimum Gasteiger partial charge on any atom is -0.493 e. The maximum absolute atomic E-state index is 9.77. The molecule has 0 spiro atoms. The first-order chi connectivity index (χ1) is 9.68. The molecule has 0 unspecified atom stereocenters. The fourth-order valence-corrected chi connectivity index (χ4v) is 2.61. The molecule has 0 saturated carbocycles. The van der Waals surface area contributed by atoms with Crippen LogP contribution in [0.1, 0.15) is 4.88 Å². The maximum atomic E-state index is 9.77. The van der Waals surface area contributed by atoms with Gasteiger partial charge in [-0.25, -0.2) is 0 Å². The highest BCUT2D eigenvalue weighted by molar-refractivity contribution is 7.73. The molecule has 0 aliphatic rings. The van der Waals surface area contributed by atoms with E-state index in [2.05, 4.69) is 4.99 Å². The lowest BCUT2D eigenvalue weighted by Crippen LogP contribution is -1.84. The summed E-state index contributed by atoms with van der Waals surface area (Å²) >= 11 is 6.46. The molecule has 0 atom stereocenters. The van der Waals surface area contributed by atoms with Gasteiger partial charge in [-0.05, 0) is 36.5 Å². The van der Waals surface area contributed by atoms with Gasteiger partial charge in [-0.3, -0.25) is 9.56 Å².